The molecule has 30 heavy (non-hydrogen) atoms. The summed E-state index contributed by atoms with van der Waals surface area (Å²) in [6.45, 7) is 2.92. The molecule has 3 rings (SSSR count). The number of pyridine rings is 1. The first-order valence-electron chi connectivity index (χ1n) is 9.35. The van der Waals surface area contributed by atoms with Crippen molar-refractivity contribution in [1.29, 1.82) is 0 Å². The molecule has 3 N–H and O–H groups in total. The second-order valence-electron chi connectivity index (χ2n) is 6.89. The van der Waals surface area contributed by atoms with Crippen molar-refractivity contribution in [2.75, 3.05) is 19.0 Å². The van der Waals surface area contributed by atoms with Gasteiger partial charge in [-0.25, -0.2) is 4.79 Å². The molecule has 10 heteroatoms. The minimum absolute atomic E-state index is 0.0196. The Labute approximate surface area is 171 Å². The molecule has 0 spiro atoms. The Morgan fingerprint density at radius 3 is 2.60 bits per heavy atom. The van der Waals surface area contributed by atoms with Gasteiger partial charge in [-0.05, 0) is 43.7 Å². The van der Waals surface area contributed by atoms with Crippen LogP contribution >= 0.6 is 0 Å². The number of fused-ring (bicyclic) bond motifs is 1. The van der Waals surface area contributed by atoms with Gasteiger partial charge in [-0.2, -0.15) is 13.2 Å². The third kappa shape index (κ3) is 6.39. The number of carboxylic acid groups (broad SMARTS) is 1. The van der Waals surface area contributed by atoms with Crippen LogP contribution in [0.3, 0.4) is 0 Å². The maximum atomic E-state index is 12.6. The van der Waals surface area contributed by atoms with Gasteiger partial charge in [0.2, 0.25) is 5.91 Å². The van der Waals surface area contributed by atoms with Crippen LogP contribution in [0.1, 0.15) is 19.8 Å². The van der Waals surface area contributed by atoms with Crippen LogP contribution in [0, 0.1) is 5.92 Å². The zero-order chi connectivity index (χ0) is 22.3. The zero-order valence-corrected chi connectivity index (χ0v) is 16.6. The normalized spacial score (nSPS) is 18.2. The molecule has 3 atom stereocenters. The number of carbonyl (C=O) groups is 2. The first-order chi connectivity index (χ1) is 14.1. The van der Waals surface area contributed by atoms with E-state index >= 15 is 0 Å². The van der Waals surface area contributed by atoms with Gasteiger partial charge in [0.05, 0.1) is 17.5 Å². The molecule has 0 radical (unpaired) electrons. The Hall–Kier alpha value is -2.72. The molecule has 2 heterocycles. The van der Waals surface area contributed by atoms with Crippen LogP contribution in [0.25, 0.3) is 10.9 Å². The van der Waals surface area contributed by atoms with Crippen molar-refractivity contribution in [2.45, 2.75) is 38.1 Å². The van der Waals surface area contributed by atoms with Crippen LogP contribution in [0.2, 0.25) is 0 Å². The van der Waals surface area contributed by atoms with Crippen molar-refractivity contribution in [3.05, 3.63) is 36.5 Å². The Kier molecular flexibility index (Phi) is 8.13. The summed E-state index contributed by atoms with van der Waals surface area (Å²) in [5, 5.41) is 14.6. The molecule has 1 aliphatic heterocycles. The van der Waals surface area contributed by atoms with Gasteiger partial charge in [0.1, 0.15) is 0 Å². The Bertz CT molecular complexity index is 870. The number of aromatic nitrogens is 1. The molecule has 0 saturated carbocycles. The second kappa shape index (κ2) is 10.4. The van der Waals surface area contributed by atoms with E-state index in [9.17, 15) is 18.0 Å². The second-order valence-corrected chi connectivity index (χ2v) is 6.89. The van der Waals surface area contributed by atoms with Crippen LogP contribution in [0.4, 0.5) is 18.9 Å². The Balaban J connectivity index is 0.000000396. The molecular weight excluding hydrogens is 403 g/mol. The van der Waals surface area contributed by atoms with Crippen molar-refractivity contribution in [3.8, 4) is 0 Å². The van der Waals surface area contributed by atoms with Gasteiger partial charge in [0, 0.05) is 30.4 Å². The van der Waals surface area contributed by atoms with Crippen molar-refractivity contribution in [3.63, 3.8) is 0 Å². The van der Waals surface area contributed by atoms with Crippen LogP contribution in [0.15, 0.2) is 36.5 Å². The maximum absolute atomic E-state index is 12.6. The van der Waals surface area contributed by atoms with Gasteiger partial charge < -0.3 is 20.5 Å². The number of rotatable bonds is 5. The van der Waals surface area contributed by atoms with Gasteiger partial charge in [-0.15, -0.1) is 0 Å². The SMILES string of the molecule is CO[C@@H]([C@@H]1CCCN1)[C@@H](C)C(=O)Nc1ccc2ncccc2c1.O=C(O)C(F)(F)F. The molecule has 1 fully saturated rings. The Morgan fingerprint density at radius 2 is 2.03 bits per heavy atom. The highest BCUT2D eigenvalue weighted by Gasteiger charge is 2.38. The third-order valence-electron chi connectivity index (χ3n) is 4.79. The average molecular weight is 427 g/mol. The van der Waals surface area contributed by atoms with E-state index < -0.39 is 12.1 Å². The molecular formula is C20H24F3N3O4. The van der Waals surface area contributed by atoms with E-state index in [1.807, 2.05) is 37.3 Å². The monoisotopic (exact) mass is 427 g/mol. The molecule has 0 aliphatic carbocycles. The topological polar surface area (TPSA) is 101 Å². The summed E-state index contributed by atoms with van der Waals surface area (Å²) in [6.07, 6.45) is -1.24. The summed E-state index contributed by atoms with van der Waals surface area (Å²) in [5.74, 6) is -3.00. The highest BCUT2D eigenvalue weighted by Crippen LogP contribution is 2.22. The van der Waals surface area contributed by atoms with Gasteiger partial charge in [0.25, 0.3) is 0 Å². The van der Waals surface area contributed by atoms with E-state index in [0.717, 1.165) is 36.0 Å². The lowest BCUT2D eigenvalue weighted by molar-refractivity contribution is -0.192. The van der Waals surface area contributed by atoms with Crippen LogP contribution in [-0.2, 0) is 14.3 Å². The van der Waals surface area contributed by atoms with E-state index in [-0.39, 0.29) is 24.0 Å². The number of ether oxygens (including phenoxy) is 1. The van der Waals surface area contributed by atoms with E-state index in [0.29, 0.717) is 0 Å². The number of hydrogen-bond acceptors (Lipinski definition) is 5. The largest absolute Gasteiger partial charge is 0.490 e. The van der Waals surface area contributed by atoms with E-state index in [4.69, 9.17) is 14.6 Å². The lowest BCUT2D eigenvalue weighted by atomic mass is 9.95. The molecule has 2 aromatic rings. The average Bonchev–Trinajstić information content (AvgIpc) is 3.22. The smallest absolute Gasteiger partial charge is 0.475 e. The summed E-state index contributed by atoms with van der Waals surface area (Å²) < 4.78 is 37.3. The molecule has 1 aliphatic rings. The number of amides is 1. The number of nitrogens with zero attached hydrogens (tertiary/aromatic N) is 1. The van der Waals surface area contributed by atoms with Crippen LogP contribution in [0.5, 0.6) is 0 Å². The minimum Gasteiger partial charge on any atom is -0.475 e. The molecule has 1 aromatic heterocycles. The number of nitrogens with one attached hydrogen (secondary N) is 2. The highest BCUT2D eigenvalue weighted by molar-refractivity contribution is 5.95. The highest BCUT2D eigenvalue weighted by atomic mass is 19.4. The van der Waals surface area contributed by atoms with Crippen LogP contribution < -0.4 is 10.6 Å². The van der Waals surface area contributed by atoms with Crippen molar-refractivity contribution >= 4 is 28.5 Å². The van der Waals surface area contributed by atoms with Crippen molar-refractivity contribution in [1.82, 2.24) is 10.3 Å². The van der Waals surface area contributed by atoms with Crippen LogP contribution in [-0.4, -0.2) is 53.9 Å². The van der Waals surface area contributed by atoms with Gasteiger partial charge in [-0.3, -0.25) is 9.78 Å². The predicted octanol–water partition coefficient (Wildman–Crippen LogP) is 3.21. The summed E-state index contributed by atoms with van der Waals surface area (Å²) >= 11 is 0. The molecule has 1 amide bonds. The first kappa shape index (κ1) is 23.6. The predicted molar refractivity (Wildman–Crippen MR) is 105 cm³/mol. The molecule has 0 bridgehead atoms. The van der Waals surface area contributed by atoms with E-state index in [1.54, 1.807) is 13.3 Å². The summed E-state index contributed by atoms with van der Waals surface area (Å²) in [5.41, 5.74) is 1.71. The standard InChI is InChI=1S/C18H23N3O2.C2HF3O2/c1-12(17(23-2)16-6-4-10-20-16)18(22)21-14-7-8-15-13(11-14)5-3-9-19-15;3-2(4,5)1(6)7/h3,5,7-9,11-12,16-17,20H,4,6,10H2,1-2H3,(H,21,22);(H,6,7)/t12-,16+,17-;/m1./s1. The van der Waals surface area contributed by atoms with Gasteiger partial charge >= 0.3 is 12.1 Å². The van der Waals surface area contributed by atoms with Crippen molar-refractivity contribution < 1.29 is 32.6 Å². The molecule has 1 saturated heterocycles. The number of carboxylic acids is 1. The lowest BCUT2D eigenvalue weighted by Crippen LogP contribution is -2.44. The Morgan fingerprint density at radius 1 is 1.33 bits per heavy atom. The summed E-state index contributed by atoms with van der Waals surface area (Å²) in [6, 6.07) is 9.88. The van der Waals surface area contributed by atoms with E-state index in [2.05, 4.69) is 15.6 Å². The first-order valence-corrected chi connectivity index (χ1v) is 9.35. The number of methoxy groups -OCH3 is 1. The number of hydrogen-bond donors (Lipinski definition) is 3. The molecule has 1 aromatic carbocycles. The lowest BCUT2D eigenvalue weighted by Gasteiger charge is -2.27. The summed E-state index contributed by atoms with van der Waals surface area (Å²) in [4.78, 5) is 25.8. The maximum Gasteiger partial charge on any atom is 0.490 e. The molecule has 7 nitrogen and oxygen atoms in total. The fourth-order valence-corrected chi connectivity index (χ4v) is 3.27. The number of aliphatic carboxylic acids is 1. The van der Waals surface area contributed by atoms with Gasteiger partial charge in [-0.1, -0.05) is 13.0 Å². The third-order valence-corrected chi connectivity index (χ3v) is 4.79. The van der Waals surface area contributed by atoms with E-state index in [1.165, 1.54) is 0 Å². The minimum atomic E-state index is -5.08. The zero-order valence-electron chi connectivity index (χ0n) is 16.6. The fourth-order valence-electron chi connectivity index (χ4n) is 3.27. The quantitative estimate of drug-likeness (QED) is 0.678. The number of anilines is 1. The summed E-state index contributed by atoms with van der Waals surface area (Å²) in [7, 11) is 1.68. The molecule has 0 unspecified atom stereocenters. The fraction of sp³-hybridized carbons (Fsp3) is 0.450. The van der Waals surface area contributed by atoms with Crippen molar-refractivity contribution in [2.24, 2.45) is 5.92 Å². The number of halogens is 3. The van der Waals surface area contributed by atoms with Gasteiger partial charge in [0.15, 0.2) is 0 Å². The number of alkyl halides is 3. The number of benzene rings is 1. The molecule has 164 valence electrons. The number of carbonyl (C=O) groups excluding carboxylic acids is 1.